The number of aliphatic hydroxyl groups excluding tert-OH is 2. The van der Waals surface area contributed by atoms with E-state index in [0.717, 1.165) is 0 Å². The summed E-state index contributed by atoms with van der Waals surface area (Å²) in [5.74, 6) is -2.36. The average molecular weight is 413 g/mol. The first kappa shape index (κ1) is 23.2. The summed E-state index contributed by atoms with van der Waals surface area (Å²) < 4.78 is 0. The van der Waals surface area contributed by atoms with E-state index >= 15 is 0 Å². The number of hydrogen-bond donors (Lipinski definition) is 5. The van der Waals surface area contributed by atoms with Crippen LogP contribution in [-0.4, -0.2) is 93.1 Å². The molecule has 164 valence electrons. The fourth-order valence-electron chi connectivity index (χ4n) is 3.69. The number of imide groups is 1. The first-order valence-electron chi connectivity index (χ1n) is 9.89. The molecule has 7 N–H and O–H groups in total. The topological polar surface area (TPSA) is 179 Å². The SMILES string of the molecule is C[C@@H](O)[C@H](N)C(=O)NC(=O)[C@@H]1CCCN1C(=O)[C@@H]1CCCN1C(=O)[C@@H](N)[C@@H](C)O. The maximum Gasteiger partial charge on any atom is 0.249 e. The zero-order valence-corrected chi connectivity index (χ0v) is 16.8. The summed E-state index contributed by atoms with van der Waals surface area (Å²) in [5, 5.41) is 21.1. The Kier molecular flexibility index (Phi) is 7.69. The average Bonchev–Trinajstić information content (AvgIpc) is 3.34. The molecule has 0 radical (unpaired) electrons. The highest BCUT2D eigenvalue weighted by Crippen LogP contribution is 2.25. The van der Waals surface area contributed by atoms with Crippen LogP contribution in [0.2, 0.25) is 0 Å². The van der Waals surface area contributed by atoms with E-state index in [1.54, 1.807) is 0 Å². The van der Waals surface area contributed by atoms with Crippen LogP contribution in [0.5, 0.6) is 0 Å². The van der Waals surface area contributed by atoms with Crippen LogP contribution in [0.25, 0.3) is 0 Å². The van der Waals surface area contributed by atoms with E-state index in [4.69, 9.17) is 11.5 Å². The summed E-state index contributed by atoms with van der Waals surface area (Å²) in [7, 11) is 0. The van der Waals surface area contributed by atoms with Gasteiger partial charge in [0.2, 0.25) is 23.6 Å². The van der Waals surface area contributed by atoms with Crippen molar-refractivity contribution in [1.82, 2.24) is 15.1 Å². The summed E-state index contributed by atoms with van der Waals surface area (Å²) in [6.45, 7) is 3.42. The van der Waals surface area contributed by atoms with Crippen molar-refractivity contribution in [1.29, 1.82) is 0 Å². The quantitative estimate of drug-likeness (QED) is 0.306. The smallest absolute Gasteiger partial charge is 0.249 e. The Labute approximate surface area is 169 Å². The number of rotatable bonds is 6. The first-order chi connectivity index (χ1) is 13.6. The number of nitrogens with two attached hydrogens (primary N) is 2. The highest BCUT2D eigenvalue weighted by atomic mass is 16.3. The van der Waals surface area contributed by atoms with E-state index in [2.05, 4.69) is 5.32 Å². The second kappa shape index (κ2) is 9.61. The van der Waals surface area contributed by atoms with E-state index in [9.17, 15) is 29.4 Å². The maximum atomic E-state index is 13.1. The highest BCUT2D eigenvalue weighted by molar-refractivity contribution is 6.02. The van der Waals surface area contributed by atoms with Crippen LogP contribution in [0.15, 0.2) is 0 Å². The molecule has 2 aliphatic rings. The number of nitrogens with zero attached hydrogens (tertiary/aromatic N) is 2. The van der Waals surface area contributed by atoms with Crippen molar-refractivity contribution >= 4 is 23.6 Å². The van der Waals surface area contributed by atoms with Gasteiger partial charge in [-0.3, -0.25) is 24.5 Å². The first-order valence-corrected chi connectivity index (χ1v) is 9.89. The van der Waals surface area contributed by atoms with Gasteiger partial charge in [-0.1, -0.05) is 0 Å². The predicted octanol–water partition coefficient (Wildman–Crippen LogP) is -2.97. The van der Waals surface area contributed by atoms with Crippen LogP contribution in [0, 0.1) is 0 Å². The number of aliphatic hydroxyl groups is 2. The van der Waals surface area contributed by atoms with Gasteiger partial charge >= 0.3 is 0 Å². The van der Waals surface area contributed by atoms with E-state index in [0.29, 0.717) is 38.8 Å². The number of hydrogen-bond acceptors (Lipinski definition) is 8. The number of carbonyl (C=O) groups excluding carboxylic acids is 4. The van der Waals surface area contributed by atoms with Crippen molar-refractivity contribution in [3.05, 3.63) is 0 Å². The van der Waals surface area contributed by atoms with Gasteiger partial charge in [0.15, 0.2) is 0 Å². The molecule has 0 aromatic heterocycles. The van der Waals surface area contributed by atoms with Crippen molar-refractivity contribution in [2.45, 2.75) is 75.9 Å². The van der Waals surface area contributed by atoms with E-state index in [-0.39, 0.29) is 5.91 Å². The van der Waals surface area contributed by atoms with Crippen molar-refractivity contribution in [2.24, 2.45) is 11.5 Å². The monoisotopic (exact) mass is 413 g/mol. The molecule has 2 heterocycles. The van der Waals surface area contributed by atoms with Gasteiger partial charge in [-0.15, -0.1) is 0 Å². The number of likely N-dealkylation sites (tertiary alicyclic amines) is 2. The van der Waals surface area contributed by atoms with Crippen LogP contribution in [-0.2, 0) is 19.2 Å². The Morgan fingerprint density at radius 3 is 1.97 bits per heavy atom. The summed E-state index contributed by atoms with van der Waals surface area (Å²) in [5.41, 5.74) is 11.3. The van der Waals surface area contributed by atoms with Crippen molar-refractivity contribution in [3.8, 4) is 0 Å². The lowest BCUT2D eigenvalue weighted by atomic mass is 10.1. The molecule has 2 saturated heterocycles. The Morgan fingerprint density at radius 1 is 0.897 bits per heavy atom. The van der Waals surface area contributed by atoms with Gasteiger partial charge < -0.3 is 31.5 Å². The Bertz CT molecular complexity index is 655. The van der Waals surface area contributed by atoms with Crippen LogP contribution in [0.4, 0.5) is 0 Å². The highest BCUT2D eigenvalue weighted by Gasteiger charge is 2.43. The lowest BCUT2D eigenvalue weighted by Gasteiger charge is -2.32. The second-order valence-corrected chi connectivity index (χ2v) is 7.77. The number of nitrogens with one attached hydrogen (secondary N) is 1. The lowest BCUT2D eigenvalue weighted by molar-refractivity contribution is -0.148. The molecule has 4 amide bonds. The molecule has 0 aliphatic carbocycles. The fourth-order valence-corrected chi connectivity index (χ4v) is 3.69. The van der Waals surface area contributed by atoms with Crippen molar-refractivity contribution in [3.63, 3.8) is 0 Å². The van der Waals surface area contributed by atoms with E-state index < -0.39 is 54.1 Å². The third kappa shape index (κ3) is 5.10. The molecule has 2 aliphatic heterocycles. The summed E-state index contributed by atoms with van der Waals surface area (Å²) in [4.78, 5) is 52.8. The van der Waals surface area contributed by atoms with Gasteiger partial charge in [-0.05, 0) is 39.5 Å². The molecule has 0 unspecified atom stereocenters. The summed E-state index contributed by atoms with van der Waals surface area (Å²) in [6, 6.07) is -3.98. The van der Waals surface area contributed by atoms with Gasteiger partial charge in [0, 0.05) is 13.1 Å². The summed E-state index contributed by atoms with van der Waals surface area (Å²) in [6.07, 6.45) is -0.167. The third-order valence-corrected chi connectivity index (χ3v) is 5.53. The largest absolute Gasteiger partial charge is 0.391 e. The van der Waals surface area contributed by atoms with E-state index in [1.165, 1.54) is 23.6 Å². The molecule has 0 bridgehead atoms. The molecule has 0 saturated carbocycles. The van der Waals surface area contributed by atoms with Crippen molar-refractivity contribution < 1.29 is 29.4 Å². The van der Waals surface area contributed by atoms with Gasteiger partial charge in [-0.2, -0.15) is 0 Å². The number of amides is 4. The molecule has 0 spiro atoms. The molecule has 0 aromatic carbocycles. The fraction of sp³-hybridized carbons (Fsp3) is 0.778. The maximum absolute atomic E-state index is 13.1. The Balaban J connectivity index is 2.08. The minimum Gasteiger partial charge on any atom is -0.391 e. The van der Waals surface area contributed by atoms with Gasteiger partial charge in [0.25, 0.3) is 0 Å². The third-order valence-electron chi connectivity index (χ3n) is 5.53. The van der Waals surface area contributed by atoms with Gasteiger partial charge in [0.05, 0.1) is 12.2 Å². The van der Waals surface area contributed by atoms with E-state index in [1.807, 2.05) is 0 Å². The van der Waals surface area contributed by atoms with Gasteiger partial charge in [-0.25, -0.2) is 0 Å². The Hall–Kier alpha value is -2.08. The van der Waals surface area contributed by atoms with Crippen LogP contribution in [0.3, 0.4) is 0 Å². The van der Waals surface area contributed by atoms with Crippen LogP contribution >= 0.6 is 0 Å². The minimum atomic E-state index is -1.26. The molecule has 6 atom stereocenters. The zero-order chi connectivity index (χ0) is 21.9. The molecule has 0 aromatic rings. The minimum absolute atomic E-state index is 0.328. The summed E-state index contributed by atoms with van der Waals surface area (Å²) >= 11 is 0. The van der Waals surface area contributed by atoms with Crippen LogP contribution in [0.1, 0.15) is 39.5 Å². The molecule has 11 nitrogen and oxygen atoms in total. The standard InChI is InChI=1S/C18H31N5O6/c1-9(24)13(19)16(27)21-15(26)11-5-3-7-22(11)17(28)12-6-4-8-23(12)18(29)14(20)10(2)25/h9-14,24-25H,3-8,19-20H2,1-2H3,(H,21,26,27)/t9-,10-,11+,12+,13+,14+/m1/s1. The Morgan fingerprint density at radius 2 is 1.41 bits per heavy atom. The lowest BCUT2D eigenvalue weighted by Crippen LogP contribution is -2.58. The molecule has 2 rings (SSSR count). The van der Waals surface area contributed by atoms with Crippen molar-refractivity contribution in [2.75, 3.05) is 13.1 Å². The molecule has 2 fully saturated rings. The normalized spacial score (nSPS) is 26.0. The zero-order valence-electron chi connectivity index (χ0n) is 16.8. The van der Waals surface area contributed by atoms with Gasteiger partial charge in [0.1, 0.15) is 24.2 Å². The molecule has 11 heteroatoms. The number of carbonyl (C=O) groups is 4. The second-order valence-electron chi connectivity index (χ2n) is 7.77. The molecular weight excluding hydrogens is 382 g/mol. The predicted molar refractivity (Wildman–Crippen MR) is 102 cm³/mol. The molecular formula is C18H31N5O6. The van der Waals surface area contributed by atoms with Crippen LogP contribution < -0.4 is 16.8 Å². The molecule has 29 heavy (non-hydrogen) atoms.